The van der Waals surface area contributed by atoms with E-state index in [1.807, 2.05) is 6.92 Å². The highest BCUT2D eigenvalue weighted by Crippen LogP contribution is 2.05. The third-order valence-electron chi connectivity index (χ3n) is 2.47. The summed E-state index contributed by atoms with van der Waals surface area (Å²) in [6.07, 6.45) is 1.62. The summed E-state index contributed by atoms with van der Waals surface area (Å²) in [5.74, 6) is -0.257. The van der Waals surface area contributed by atoms with Crippen LogP contribution in [0, 0.1) is 0 Å². The number of carbonyl (C=O) groups excluding carboxylic acids is 2. The van der Waals surface area contributed by atoms with Crippen LogP contribution in [0.2, 0.25) is 0 Å². The van der Waals surface area contributed by atoms with E-state index < -0.39 is 0 Å². The van der Waals surface area contributed by atoms with Gasteiger partial charge in [0.1, 0.15) is 5.69 Å². The van der Waals surface area contributed by atoms with Crippen LogP contribution in [0.25, 0.3) is 0 Å². The van der Waals surface area contributed by atoms with Crippen molar-refractivity contribution in [3.8, 4) is 0 Å². The van der Waals surface area contributed by atoms with Crippen LogP contribution in [0.1, 0.15) is 17.4 Å². The molecular formula is C13H21N5O2. The fraction of sp³-hybridized carbons (Fsp3) is 0.462. The number of amides is 3. The van der Waals surface area contributed by atoms with Crippen molar-refractivity contribution in [2.24, 2.45) is 0 Å². The van der Waals surface area contributed by atoms with E-state index >= 15 is 0 Å². The topological polar surface area (TPSA) is 86.4 Å². The van der Waals surface area contributed by atoms with E-state index in [2.05, 4.69) is 20.9 Å². The average Bonchev–Trinajstić information content (AvgIpc) is 2.44. The molecule has 1 rings (SSSR count). The molecule has 0 fully saturated rings. The van der Waals surface area contributed by atoms with E-state index in [0.717, 1.165) is 12.2 Å². The molecule has 1 heterocycles. The second-order valence-electron chi connectivity index (χ2n) is 4.34. The van der Waals surface area contributed by atoms with Crippen molar-refractivity contribution in [1.29, 1.82) is 0 Å². The van der Waals surface area contributed by atoms with Crippen molar-refractivity contribution < 1.29 is 9.59 Å². The Hall–Kier alpha value is -2.31. The van der Waals surface area contributed by atoms with Crippen LogP contribution in [0.4, 0.5) is 10.5 Å². The Balaban J connectivity index is 2.34. The fourth-order valence-corrected chi connectivity index (χ4v) is 1.43. The molecule has 0 unspecified atom stereocenters. The molecule has 0 saturated heterocycles. The predicted molar refractivity (Wildman–Crippen MR) is 77.8 cm³/mol. The molecule has 0 saturated carbocycles. The summed E-state index contributed by atoms with van der Waals surface area (Å²) in [5, 5.41) is 8.45. The lowest BCUT2D eigenvalue weighted by Crippen LogP contribution is -2.39. The van der Waals surface area contributed by atoms with Gasteiger partial charge in [-0.3, -0.25) is 4.79 Å². The SMILES string of the molecule is CCNc1ccc(C(=O)NCCNC(=O)N(C)C)nc1. The van der Waals surface area contributed by atoms with Crippen molar-refractivity contribution in [3.63, 3.8) is 0 Å². The van der Waals surface area contributed by atoms with Crippen LogP contribution in [0.3, 0.4) is 0 Å². The molecule has 0 atom stereocenters. The van der Waals surface area contributed by atoms with Gasteiger partial charge < -0.3 is 20.9 Å². The Morgan fingerprint density at radius 1 is 1.20 bits per heavy atom. The zero-order chi connectivity index (χ0) is 15.0. The van der Waals surface area contributed by atoms with Gasteiger partial charge in [0.2, 0.25) is 0 Å². The molecule has 1 aromatic heterocycles. The minimum absolute atomic E-state index is 0.188. The van der Waals surface area contributed by atoms with Gasteiger partial charge in [-0.15, -0.1) is 0 Å². The van der Waals surface area contributed by atoms with Crippen LogP contribution >= 0.6 is 0 Å². The quantitative estimate of drug-likeness (QED) is 0.662. The summed E-state index contributed by atoms with van der Waals surface area (Å²) in [4.78, 5) is 28.5. The number of nitrogens with one attached hydrogen (secondary N) is 3. The monoisotopic (exact) mass is 279 g/mol. The standard InChI is InChI=1S/C13H21N5O2/c1-4-14-10-5-6-11(17-9-10)12(19)15-7-8-16-13(20)18(2)3/h5-6,9,14H,4,7-8H2,1-3H3,(H,15,19)(H,16,20). The van der Waals surface area contributed by atoms with E-state index in [1.54, 1.807) is 32.4 Å². The molecule has 0 aliphatic rings. The summed E-state index contributed by atoms with van der Waals surface area (Å²) in [5.41, 5.74) is 1.23. The van der Waals surface area contributed by atoms with Gasteiger partial charge >= 0.3 is 6.03 Å². The molecule has 1 aromatic rings. The van der Waals surface area contributed by atoms with E-state index in [0.29, 0.717) is 18.8 Å². The van der Waals surface area contributed by atoms with Crippen molar-refractivity contribution in [3.05, 3.63) is 24.0 Å². The Kier molecular flexibility index (Phi) is 6.28. The maximum Gasteiger partial charge on any atom is 0.316 e. The molecule has 0 aliphatic carbocycles. The normalized spacial score (nSPS) is 9.75. The van der Waals surface area contributed by atoms with Crippen LogP contribution in [-0.2, 0) is 0 Å². The molecular weight excluding hydrogens is 258 g/mol. The lowest BCUT2D eigenvalue weighted by Gasteiger charge is -2.12. The van der Waals surface area contributed by atoms with Crippen LogP contribution in [-0.4, -0.2) is 55.6 Å². The first-order chi connectivity index (χ1) is 9.54. The van der Waals surface area contributed by atoms with Crippen molar-refractivity contribution in [1.82, 2.24) is 20.5 Å². The second kappa shape index (κ2) is 7.98. The zero-order valence-electron chi connectivity index (χ0n) is 12.1. The van der Waals surface area contributed by atoms with E-state index in [4.69, 9.17) is 0 Å². The lowest BCUT2D eigenvalue weighted by molar-refractivity contribution is 0.0948. The van der Waals surface area contributed by atoms with E-state index in [1.165, 1.54) is 4.90 Å². The highest BCUT2D eigenvalue weighted by Gasteiger charge is 2.07. The van der Waals surface area contributed by atoms with Crippen LogP contribution in [0.5, 0.6) is 0 Å². The maximum atomic E-state index is 11.8. The van der Waals surface area contributed by atoms with Gasteiger partial charge in [-0.25, -0.2) is 9.78 Å². The Labute approximate surface area is 118 Å². The minimum atomic E-state index is -0.257. The number of anilines is 1. The first-order valence-electron chi connectivity index (χ1n) is 6.48. The second-order valence-corrected chi connectivity index (χ2v) is 4.34. The van der Waals surface area contributed by atoms with Crippen molar-refractivity contribution >= 4 is 17.6 Å². The third-order valence-corrected chi connectivity index (χ3v) is 2.47. The van der Waals surface area contributed by atoms with Gasteiger partial charge in [0, 0.05) is 33.7 Å². The van der Waals surface area contributed by atoms with Crippen molar-refractivity contribution in [2.45, 2.75) is 6.92 Å². The first-order valence-corrected chi connectivity index (χ1v) is 6.48. The minimum Gasteiger partial charge on any atom is -0.384 e. The molecule has 110 valence electrons. The number of rotatable bonds is 6. The molecule has 3 N–H and O–H groups in total. The number of urea groups is 1. The summed E-state index contributed by atoms with van der Waals surface area (Å²) in [7, 11) is 3.31. The smallest absolute Gasteiger partial charge is 0.316 e. The molecule has 0 spiro atoms. The Morgan fingerprint density at radius 2 is 1.90 bits per heavy atom. The van der Waals surface area contributed by atoms with Gasteiger partial charge in [-0.1, -0.05) is 0 Å². The first kappa shape index (κ1) is 15.7. The number of nitrogens with zero attached hydrogens (tertiary/aromatic N) is 2. The zero-order valence-corrected chi connectivity index (χ0v) is 12.1. The highest BCUT2D eigenvalue weighted by atomic mass is 16.2. The molecule has 7 nitrogen and oxygen atoms in total. The fourth-order valence-electron chi connectivity index (χ4n) is 1.43. The number of hydrogen-bond donors (Lipinski definition) is 3. The summed E-state index contributed by atoms with van der Waals surface area (Å²) in [6.45, 7) is 3.52. The number of hydrogen-bond acceptors (Lipinski definition) is 4. The molecule has 7 heteroatoms. The van der Waals surface area contributed by atoms with Crippen LogP contribution in [0.15, 0.2) is 18.3 Å². The summed E-state index contributed by atoms with van der Waals surface area (Å²) >= 11 is 0. The van der Waals surface area contributed by atoms with Gasteiger partial charge in [-0.2, -0.15) is 0 Å². The molecule has 20 heavy (non-hydrogen) atoms. The molecule has 0 aliphatic heterocycles. The largest absolute Gasteiger partial charge is 0.384 e. The average molecular weight is 279 g/mol. The molecule has 0 bridgehead atoms. The van der Waals surface area contributed by atoms with Crippen LogP contribution < -0.4 is 16.0 Å². The number of pyridine rings is 1. The van der Waals surface area contributed by atoms with Crippen molar-refractivity contribution in [2.75, 3.05) is 39.0 Å². The number of carbonyl (C=O) groups is 2. The molecule has 3 amide bonds. The Morgan fingerprint density at radius 3 is 2.45 bits per heavy atom. The van der Waals surface area contributed by atoms with Gasteiger partial charge in [-0.05, 0) is 19.1 Å². The third kappa shape index (κ3) is 5.13. The number of aromatic nitrogens is 1. The molecule has 0 aromatic carbocycles. The van der Waals surface area contributed by atoms with Gasteiger partial charge in [0.25, 0.3) is 5.91 Å². The van der Waals surface area contributed by atoms with E-state index in [-0.39, 0.29) is 11.9 Å². The predicted octanol–water partition coefficient (Wildman–Crippen LogP) is 0.514. The molecule has 0 radical (unpaired) electrons. The van der Waals surface area contributed by atoms with Gasteiger partial charge in [0.05, 0.1) is 11.9 Å². The van der Waals surface area contributed by atoms with Gasteiger partial charge in [0.15, 0.2) is 0 Å². The highest BCUT2D eigenvalue weighted by molar-refractivity contribution is 5.92. The maximum absolute atomic E-state index is 11.8. The summed E-state index contributed by atoms with van der Waals surface area (Å²) in [6, 6.07) is 3.28. The lowest BCUT2D eigenvalue weighted by atomic mass is 10.3. The summed E-state index contributed by atoms with van der Waals surface area (Å²) < 4.78 is 0. The van der Waals surface area contributed by atoms with E-state index in [9.17, 15) is 9.59 Å². The Bertz CT molecular complexity index is 445.